The Hall–Kier alpha value is -2.84. The van der Waals surface area contributed by atoms with Gasteiger partial charge in [0.2, 0.25) is 0 Å². The van der Waals surface area contributed by atoms with Crippen molar-refractivity contribution in [2.24, 2.45) is 5.11 Å². The van der Waals surface area contributed by atoms with Gasteiger partial charge in [0.05, 0.1) is 18.1 Å². The van der Waals surface area contributed by atoms with Crippen LogP contribution in [0.15, 0.2) is 29.4 Å². The predicted octanol–water partition coefficient (Wildman–Crippen LogP) is 3.27. The number of carbonyl (C=O) groups is 1. The molecule has 0 aromatic heterocycles. The Morgan fingerprint density at radius 3 is 2.54 bits per heavy atom. The van der Waals surface area contributed by atoms with Crippen LogP contribution >= 0.6 is 0 Å². The summed E-state index contributed by atoms with van der Waals surface area (Å²) in [4.78, 5) is 26.3. The fourth-order valence-electron chi connectivity index (χ4n) is 1.86. The van der Waals surface area contributed by atoms with Crippen LogP contribution in [-0.4, -0.2) is 43.4 Å². The van der Waals surface area contributed by atoms with Crippen LogP contribution in [0.25, 0.3) is 10.4 Å². The predicted molar refractivity (Wildman–Crippen MR) is 86.9 cm³/mol. The number of azide groups is 1. The zero-order chi connectivity index (χ0) is 17.9. The Kier molecular flexibility index (Phi) is 8.03. The lowest BCUT2D eigenvalue weighted by atomic mass is 10.2. The van der Waals surface area contributed by atoms with Gasteiger partial charge in [-0.25, -0.2) is 4.79 Å². The fourth-order valence-corrected chi connectivity index (χ4v) is 1.86. The van der Waals surface area contributed by atoms with Gasteiger partial charge in [-0.05, 0) is 31.5 Å². The van der Waals surface area contributed by atoms with Crippen LogP contribution < -0.4 is 4.90 Å². The van der Waals surface area contributed by atoms with Crippen LogP contribution in [-0.2, 0) is 9.47 Å². The van der Waals surface area contributed by atoms with E-state index in [9.17, 15) is 14.9 Å². The van der Waals surface area contributed by atoms with Crippen molar-refractivity contribution in [3.8, 4) is 0 Å². The van der Waals surface area contributed by atoms with E-state index in [1.807, 2.05) is 0 Å². The summed E-state index contributed by atoms with van der Waals surface area (Å²) >= 11 is 0. The monoisotopic (exact) mass is 337 g/mol. The number of amides is 1. The van der Waals surface area contributed by atoms with Gasteiger partial charge in [-0.2, -0.15) is 0 Å². The number of hydrogen-bond acceptors (Lipinski definition) is 6. The van der Waals surface area contributed by atoms with E-state index in [4.69, 9.17) is 15.0 Å². The molecule has 0 fully saturated rings. The van der Waals surface area contributed by atoms with E-state index in [2.05, 4.69) is 10.0 Å². The van der Waals surface area contributed by atoms with Gasteiger partial charge >= 0.3 is 6.09 Å². The number of rotatable bonds is 9. The van der Waals surface area contributed by atoms with Crippen molar-refractivity contribution < 1.29 is 19.2 Å². The molecule has 0 unspecified atom stereocenters. The molecule has 10 heteroatoms. The minimum atomic E-state index is -0.572. The van der Waals surface area contributed by atoms with E-state index in [0.29, 0.717) is 5.69 Å². The Labute approximate surface area is 138 Å². The number of anilines is 1. The normalized spacial score (nSPS) is 10.1. The Morgan fingerprint density at radius 2 is 2.00 bits per heavy atom. The molecular weight excluding hydrogens is 318 g/mol. The number of carbonyl (C=O) groups excluding carboxylic acids is 1. The highest BCUT2D eigenvalue weighted by Crippen LogP contribution is 2.22. The second-order valence-electron chi connectivity index (χ2n) is 4.92. The third kappa shape index (κ3) is 6.11. The first-order valence-corrected chi connectivity index (χ1v) is 7.26. The third-order valence-electron chi connectivity index (χ3n) is 2.90. The second-order valence-corrected chi connectivity index (χ2v) is 4.92. The molecule has 24 heavy (non-hydrogen) atoms. The summed E-state index contributed by atoms with van der Waals surface area (Å²) in [5.74, 6) is 0. The standard InChI is InChI=1S/C14H19N5O5/c1-11(2)18(12-3-5-13(6-4-12)19(21)22)14(20)24-10-9-23-8-7-16-17-15/h3-6,11H,7-10H2,1-2H3. The fraction of sp³-hybridized carbons (Fsp3) is 0.500. The smallest absolute Gasteiger partial charge is 0.414 e. The summed E-state index contributed by atoms with van der Waals surface area (Å²) in [6.45, 7) is 4.30. The third-order valence-corrected chi connectivity index (χ3v) is 2.90. The molecule has 1 amide bonds. The molecule has 10 nitrogen and oxygen atoms in total. The number of nitrogens with zero attached hydrogens (tertiary/aromatic N) is 5. The highest BCUT2D eigenvalue weighted by Gasteiger charge is 2.21. The van der Waals surface area contributed by atoms with Gasteiger partial charge in [0.25, 0.3) is 5.69 Å². The van der Waals surface area contributed by atoms with Gasteiger partial charge in [-0.15, -0.1) is 0 Å². The zero-order valence-electron chi connectivity index (χ0n) is 13.5. The topological polar surface area (TPSA) is 131 Å². The van der Waals surface area contributed by atoms with E-state index in [1.54, 1.807) is 13.8 Å². The summed E-state index contributed by atoms with van der Waals surface area (Å²) in [5.41, 5.74) is 8.55. The van der Waals surface area contributed by atoms with Crippen LogP contribution in [0.3, 0.4) is 0 Å². The zero-order valence-corrected chi connectivity index (χ0v) is 13.5. The van der Waals surface area contributed by atoms with Gasteiger partial charge in [0, 0.05) is 35.3 Å². The van der Waals surface area contributed by atoms with Gasteiger partial charge in [0.1, 0.15) is 6.61 Å². The number of ether oxygens (including phenoxy) is 2. The Balaban J connectivity index is 2.56. The van der Waals surface area contributed by atoms with Crippen molar-refractivity contribution in [3.05, 3.63) is 44.8 Å². The summed E-state index contributed by atoms with van der Waals surface area (Å²) in [5, 5.41) is 14.0. The van der Waals surface area contributed by atoms with Crippen molar-refractivity contribution in [1.82, 2.24) is 0 Å². The number of hydrogen-bond donors (Lipinski definition) is 0. The summed E-state index contributed by atoms with van der Waals surface area (Å²) in [6, 6.07) is 5.46. The van der Waals surface area contributed by atoms with Crippen LogP contribution in [0.5, 0.6) is 0 Å². The molecule has 1 rings (SSSR count). The van der Waals surface area contributed by atoms with Gasteiger partial charge < -0.3 is 9.47 Å². The van der Waals surface area contributed by atoms with E-state index >= 15 is 0 Å². The maximum atomic E-state index is 12.2. The molecule has 1 aromatic carbocycles. The molecule has 0 saturated carbocycles. The first kappa shape index (κ1) is 19.2. The van der Waals surface area contributed by atoms with Crippen LogP contribution in [0.1, 0.15) is 13.8 Å². The largest absolute Gasteiger partial charge is 0.447 e. The highest BCUT2D eigenvalue weighted by molar-refractivity contribution is 5.88. The number of nitro groups is 1. The van der Waals surface area contributed by atoms with E-state index in [1.165, 1.54) is 29.2 Å². The molecule has 1 aromatic rings. The molecule has 0 bridgehead atoms. The van der Waals surface area contributed by atoms with E-state index < -0.39 is 11.0 Å². The maximum Gasteiger partial charge on any atom is 0.414 e. The molecule has 0 N–H and O–H groups in total. The number of benzene rings is 1. The molecule has 0 aliphatic carbocycles. The van der Waals surface area contributed by atoms with Gasteiger partial charge in [-0.3, -0.25) is 15.0 Å². The molecule has 0 saturated heterocycles. The SMILES string of the molecule is CC(C)N(C(=O)OCCOCCN=[N+]=[N-])c1ccc([N+](=O)[O-])cc1. The van der Waals surface area contributed by atoms with Gasteiger partial charge in [-0.1, -0.05) is 5.11 Å². The summed E-state index contributed by atoms with van der Waals surface area (Å²) in [6.07, 6.45) is -0.572. The van der Waals surface area contributed by atoms with Crippen molar-refractivity contribution >= 4 is 17.5 Å². The van der Waals surface area contributed by atoms with Crippen molar-refractivity contribution in [2.75, 3.05) is 31.3 Å². The second kappa shape index (κ2) is 10.0. The average Bonchev–Trinajstić information content (AvgIpc) is 2.54. The Bertz CT molecular complexity index is 598. The van der Waals surface area contributed by atoms with E-state index in [-0.39, 0.29) is 38.1 Å². The maximum absolute atomic E-state index is 12.2. The molecule has 0 atom stereocenters. The van der Waals surface area contributed by atoms with Crippen molar-refractivity contribution in [2.45, 2.75) is 19.9 Å². The quantitative estimate of drug-likeness (QED) is 0.170. The first-order valence-electron chi connectivity index (χ1n) is 7.26. The van der Waals surface area contributed by atoms with Crippen molar-refractivity contribution in [3.63, 3.8) is 0 Å². The lowest BCUT2D eigenvalue weighted by Gasteiger charge is -2.25. The minimum Gasteiger partial charge on any atom is -0.447 e. The van der Waals surface area contributed by atoms with Crippen molar-refractivity contribution in [1.29, 1.82) is 0 Å². The summed E-state index contributed by atoms with van der Waals surface area (Å²) in [7, 11) is 0. The lowest BCUT2D eigenvalue weighted by molar-refractivity contribution is -0.384. The number of non-ortho nitro benzene ring substituents is 1. The lowest BCUT2D eigenvalue weighted by Crippen LogP contribution is -2.38. The molecule has 0 heterocycles. The van der Waals surface area contributed by atoms with Crippen LogP contribution in [0, 0.1) is 10.1 Å². The molecular formula is C14H19N5O5. The van der Waals surface area contributed by atoms with Crippen LogP contribution in [0.4, 0.5) is 16.2 Å². The van der Waals surface area contributed by atoms with Crippen LogP contribution in [0.2, 0.25) is 0 Å². The minimum absolute atomic E-state index is 0.0469. The Morgan fingerprint density at radius 1 is 1.33 bits per heavy atom. The molecule has 0 radical (unpaired) electrons. The molecule has 0 aliphatic rings. The van der Waals surface area contributed by atoms with Gasteiger partial charge in [0.15, 0.2) is 0 Å². The van der Waals surface area contributed by atoms with E-state index in [0.717, 1.165) is 0 Å². The highest BCUT2D eigenvalue weighted by atomic mass is 16.6. The first-order chi connectivity index (χ1) is 11.5. The molecule has 130 valence electrons. The average molecular weight is 337 g/mol. The number of nitro benzene ring substituents is 1. The summed E-state index contributed by atoms with van der Waals surface area (Å²) < 4.78 is 10.3. The molecule has 0 aliphatic heterocycles. The molecule has 0 spiro atoms.